The predicted octanol–water partition coefficient (Wildman–Crippen LogP) is 2.40. The van der Waals surface area contributed by atoms with E-state index < -0.39 is 0 Å². The van der Waals surface area contributed by atoms with E-state index in [4.69, 9.17) is 4.74 Å². The summed E-state index contributed by atoms with van der Waals surface area (Å²) in [6, 6.07) is 4.37. The molecule has 0 amide bonds. The number of nitrogens with one attached hydrogen (secondary N) is 2. The lowest BCUT2D eigenvalue weighted by Gasteiger charge is -2.13. The van der Waals surface area contributed by atoms with Crippen LogP contribution >= 0.6 is 0 Å². The maximum atomic E-state index is 5.46. The molecule has 0 spiro atoms. The standard InChI is InChI=1S/C16H26N2O/c1-12-8-15(16(19-3)9-13(12)2)11-18-7-5-14-4-6-17-10-14/h8-9,14,17-18H,4-7,10-11H2,1-3H3. The van der Waals surface area contributed by atoms with Gasteiger partial charge in [-0.05, 0) is 69.4 Å². The van der Waals surface area contributed by atoms with Crippen molar-refractivity contribution >= 4 is 0 Å². The minimum atomic E-state index is 0.856. The molecule has 1 aromatic carbocycles. The topological polar surface area (TPSA) is 33.3 Å². The fraction of sp³-hybridized carbons (Fsp3) is 0.625. The molecule has 1 atom stereocenters. The molecule has 0 aromatic heterocycles. The van der Waals surface area contributed by atoms with Crippen molar-refractivity contribution in [1.29, 1.82) is 0 Å². The molecule has 1 aliphatic heterocycles. The van der Waals surface area contributed by atoms with Gasteiger partial charge in [-0.3, -0.25) is 0 Å². The van der Waals surface area contributed by atoms with E-state index >= 15 is 0 Å². The molecule has 0 saturated carbocycles. The molecular formula is C16H26N2O. The number of ether oxygens (including phenoxy) is 1. The molecule has 1 aromatic rings. The van der Waals surface area contributed by atoms with E-state index in [2.05, 4.69) is 36.6 Å². The van der Waals surface area contributed by atoms with Gasteiger partial charge in [0.25, 0.3) is 0 Å². The molecule has 2 N–H and O–H groups in total. The lowest BCUT2D eigenvalue weighted by Crippen LogP contribution is -2.19. The van der Waals surface area contributed by atoms with Gasteiger partial charge in [-0.2, -0.15) is 0 Å². The third kappa shape index (κ3) is 3.95. The van der Waals surface area contributed by atoms with Gasteiger partial charge in [0.05, 0.1) is 7.11 Å². The first-order valence-corrected chi connectivity index (χ1v) is 7.26. The second-order valence-electron chi connectivity index (χ2n) is 5.57. The normalized spacial score (nSPS) is 18.8. The largest absolute Gasteiger partial charge is 0.496 e. The molecule has 1 fully saturated rings. The molecule has 3 heteroatoms. The van der Waals surface area contributed by atoms with Gasteiger partial charge in [0.1, 0.15) is 5.75 Å². The fourth-order valence-corrected chi connectivity index (χ4v) is 2.67. The molecule has 19 heavy (non-hydrogen) atoms. The molecule has 1 heterocycles. The van der Waals surface area contributed by atoms with Crippen molar-refractivity contribution in [2.75, 3.05) is 26.7 Å². The highest BCUT2D eigenvalue weighted by atomic mass is 16.5. The van der Waals surface area contributed by atoms with Crippen molar-refractivity contribution in [3.63, 3.8) is 0 Å². The summed E-state index contributed by atoms with van der Waals surface area (Å²) >= 11 is 0. The van der Waals surface area contributed by atoms with E-state index in [1.807, 2.05) is 0 Å². The number of hydrogen-bond donors (Lipinski definition) is 2. The predicted molar refractivity (Wildman–Crippen MR) is 79.8 cm³/mol. The molecule has 2 rings (SSSR count). The Morgan fingerprint density at radius 3 is 2.79 bits per heavy atom. The Kier molecular flexibility index (Phi) is 5.23. The average Bonchev–Trinajstić information content (AvgIpc) is 2.91. The smallest absolute Gasteiger partial charge is 0.123 e. The SMILES string of the molecule is COc1cc(C)c(C)cc1CNCCC1CCNC1. The first-order valence-electron chi connectivity index (χ1n) is 7.26. The third-order valence-electron chi connectivity index (χ3n) is 4.10. The van der Waals surface area contributed by atoms with E-state index in [1.54, 1.807) is 7.11 Å². The van der Waals surface area contributed by atoms with E-state index in [9.17, 15) is 0 Å². The molecular weight excluding hydrogens is 236 g/mol. The lowest BCUT2D eigenvalue weighted by molar-refractivity contribution is 0.406. The second kappa shape index (κ2) is 6.92. The Morgan fingerprint density at radius 2 is 2.11 bits per heavy atom. The summed E-state index contributed by atoms with van der Waals surface area (Å²) in [6.45, 7) is 8.64. The van der Waals surface area contributed by atoms with Crippen LogP contribution in [0.1, 0.15) is 29.5 Å². The van der Waals surface area contributed by atoms with Gasteiger partial charge in [0.2, 0.25) is 0 Å². The summed E-state index contributed by atoms with van der Waals surface area (Å²) in [5.41, 5.74) is 3.88. The van der Waals surface area contributed by atoms with Gasteiger partial charge in [-0.1, -0.05) is 6.07 Å². The lowest BCUT2D eigenvalue weighted by atomic mass is 10.0. The Morgan fingerprint density at radius 1 is 1.32 bits per heavy atom. The highest BCUT2D eigenvalue weighted by Crippen LogP contribution is 2.23. The quantitative estimate of drug-likeness (QED) is 0.772. The Bertz CT molecular complexity index is 411. The maximum absolute atomic E-state index is 5.46. The molecule has 1 unspecified atom stereocenters. The van der Waals surface area contributed by atoms with Crippen LogP contribution in [0.15, 0.2) is 12.1 Å². The van der Waals surface area contributed by atoms with Crippen molar-refractivity contribution < 1.29 is 4.74 Å². The maximum Gasteiger partial charge on any atom is 0.123 e. The molecule has 106 valence electrons. The third-order valence-corrected chi connectivity index (χ3v) is 4.10. The number of hydrogen-bond acceptors (Lipinski definition) is 3. The molecule has 1 aliphatic rings. The number of aryl methyl sites for hydroxylation is 2. The minimum Gasteiger partial charge on any atom is -0.496 e. The van der Waals surface area contributed by atoms with Gasteiger partial charge in [0, 0.05) is 12.1 Å². The number of methoxy groups -OCH3 is 1. The van der Waals surface area contributed by atoms with Crippen LogP contribution in [-0.2, 0) is 6.54 Å². The average molecular weight is 262 g/mol. The zero-order valence-corrected chi connectivity index (χ0v) is 12.4. The zero-order chi connectivity index (χ0) is 13.7. The van der Waals surface area contributed by atoms with Crippen LogP contribution in [0.25, 0.3) is 0 Å². The summed E-state index contributed by atoms with van der Waals surface area (Å²) in [4.78, 5) is 0. The minimum absolute atomic E-state index is 0.856. The Labute approximate surface area is 116 Å². The molecule has 1 saturated heterocycles. The summed E-state index contributed by atoms with van der Waals surface area (Å²) in [6.07, 6.45) is 2.59. The van der Waals surface area contributed by atoms with Gasteiger partial charge in [0.15, 0.2) is 0 Å². The van der Waals surface area contributed by atoms with Crippen molar-refractivity contribution in [2.24, 2.45) is 5.92 Å². The Balaban J connectivity index is 1.82. The van der Waals surface area contributed by atoms with E-state index in [0.29, 0.717) is 0 Å². The van der Waals surface area contributed by atoms with Crippen LogP contribution in [0.5, 0.6) is 5.75 Å². The van der Waals surface area contributed by atoms with Gasteiger partial charge >= 0.3 is 0 Å². The molecule has 0 radical (unpaired) electrons. The second-order valence-corrected chi connectivity index (χ2v) is 5.57. The summed E-state index contributed by atoms with van der Waals surface area (Å²) in [5.74, 6) is 1.85. The molecule has 0 bridgehead atoms. The first-order chi connectivity index (χ1) is 9.20. The monoisotopic (exact) mass is 262 g/mol. The van der Waals surface area contributed by atoms with E-state index in [0.717, 1.165) is 24.8 Å². The highest BCUT2D eigenvalue weighted by molar-refractivity contribution is 5.41. The van der Waals surface area contributed by atoms with Gasteiger partial charge < -0.3 is 15.4 Å². The highest BCUT2D eigenvalue weighted by Gasteiger charge is 2.13. The zero-order valence-electron chi connectivity index (χ0n) is 12.4. The van der Waals surface area contributed by atoms with Gasteiger partial charge in [-0.25, -0.2) is 0 Å². The van der Waals surface area contributed by atoms with Crippen LogP contribution in [0, 0.1) is 19.8 Å². The van der Waals surface area contributed by atoms with Crippen molar-refractivity contribution in [2.45, 2.75) is 33.2 Å². The fourth-order valence-electron chi connectivity index (χ4n) is 2.67. The van der Waals surface area contributed by atoms with E-state index in [-0.39, 0.29) is 0 Å². The van der Waals surface area contributed by atoms with Crippen LogP contribution in [0.2, 0.25) is 0 Å². The molecule has 0 aliphatic carbocycles. The number of benzene rings is 1. The van der Waals surface area contributed by atoms with Crippen molar-refractivity contribution in [1.82, 2.24) is 10.6 Å². The summed E-state index contributed by atoms with van der Waals surface area (Å²) < 4.78 is 5.46. The summed E-state index contributed by atoms with van der Waals surface area (Å²) in [5, 5.41) is 6.96. The van der Waals surface area contributed by atoms with E-state index in [1.165, 1.54) is 42.6 Å². The van der Waals surface area contributed by atoms with Gasteiger partial charge in [-0.15, -0.1) is 0 Å². The first kappa shape index (κ1) is 14.4. The molecule has 3 nitrogen and oxygen atoms in total. The Hall–Kier alpha value is -1.06. The van der Waals surface area contributed by atoms with Crippen molar-refractivity contribution in [3.05, 3.63) is 28.8 Å². The van der Waals surface area contributed by atoms with Crippen LogP contribution in [-0.4, -0.2) is 26.7 Å². The van der Waals surface area contributed by atoms with Crippen molar-refractivity contribution in [3.8, 4) is 5.75 Å². The number of rotatable bonds is 6. The summed E-state index contributed by atoms with van der Waals surface area (Å²) in [7, 11) is 1.75. The van der Waals surface area contributed by atoms with Crippen LogP contribution in [0.4, 0.5) is 0 Å². The van der Waals surface area contributed by atoms with Crippen LogP contribution < -0.4 is 15.4 Å². The van der Waals surface area contributed by atoms with Crippen LogP contribution in [0.3, 0.4) is 0 Å².